The number of aromatic nitrogens is 2. The average Bonchev–Trinajstić information content (AvgIpc) is 3.08. The lowest BCUT2D eigenvalue weighted by Crippen LogP contribution is -2.28. The van der Waals surface area contributed by atoms with Gasteiger partial charge in [-0.2, -0.15) is 0 Å². The predicted molar refractivity (Wildman–Crippen MR) is 95.1 cm³/mol. The Morgan fingerprint density at radius 2 is 2.17 bits per heavy atom. The van der Waals surface area contributed by atoms with Crippen LogP contribution in [0.1, 0.15) is 42.1 Å². The van der Waals surface area contributed by atoms with Crippen molar-refractivity contribution in [1.82, 2.24) is 14.9 Å². The second-order valence-corrected chi connectivity index (χ2v) is 6.44. The maximum atomic E-state index is 12.8. The fourth-order valence-electron chi connectivity index (χ4n) is 3.24. The smallest absolute Gasteiger partial charge is 0.262 e. The average molecular weight is 347 g/mol. The molecule has 0 aliphatic heterocycles. The first-order chi connectivity index (χ1) is 11.6. The van der Waals surface area contributed by atoms with Crippen LogP contribution in [0, 0.1) is 4.77 Å². The van der Waals surface area contributed by atoms with Crippen molar-refractivity contribution in [2.45, 2.75) is 31.7 Å². The first kappa shape index (κ1) is 16.9. The van der Waals surface area contributed by atoms with E-state index in [-0.39, 0.29) is 17.5 Å². The first-order valence-electron chi connectivity index (χ1n) is 8.17. The van der Waals surface area contributed by atoms with Crippen molar-refractivity contribution in [2.75, 3.05) is 20.3 Å². The van der Waals surface area contributed by atoms with Gasteiger partial charge < -0.3 is 15.0 Å². The monoisotopic (exact) mass is 347 g/mol. The number of rotatable bonds is 5. The fraction of sp³-hybridized carbons (Fsp3) is 0.471. The molecule has 0 atom stereocenters. The molecule has 0 saturated heterocycles. The summed E-state index contributed by atoms with van der Waals surface area (Å²) < 4.78 is 7.04. The van der Waals surface area contributed by atoms with Crippen LogP contribution in [0.25, 0.3) is 10.9 Å². The number of nitrogens with zero attached hydrogens (tertiary/aromatic N) is 1. The second kappa shape index (κ2) is 7.27. The molecular formula is C17H21N3O3S. The molecule has 1 aliphatic rings. The number of H-pyrrole nitrogens is 1. The molecule has 1 aliphatic carbocycles. The van der Waals surface area contributed by atoms with Gasteiger partial charge in [0.1, 0.15) is 0 Å². The van der Waals surface area contributed by atoms with E-state index in [2.05, 4.69) is 10.3 Å². The number of hydrogen-bond acceptors (Lipinski definition) is 4. The van der Waals surface area contributed by atoms with Gasteiger partial charge in [-0.1, -0.05) is 12.8 Å². The molecule has 3 rings (SSSR count). The van der Waals surface area contributed by atoms with Gasteiger partial charge in [0.2, 0.25) is 0 Å². The van der Waals surface area contributed by atoms with Gasteiger partial charge in [-0.05, 0) is 43.3 Å². The molecule has 1 fully saturated rings. The lowest BCUT2D eigenvalue weighted by atomic mass is 10.1. The van der Waals surface area contributed by atoms with Gasteiger partial charge in [0.25, 0.3) is 11.5 Å². The molecule has 128 valence electrons. The van der Waals surface area contributed by atoms with Crippen LogP contribution in [-0.2, 0) is 4.74 Å². The second-order valence-electron chi connectivity index (χ2n) is 6.05. The molecule has 1 aromatic carbocycles. The molecule has 1 heterocycles. The van der Waals surface area contributed by atoms with Gasteiger partial charge >= 0.3 is 0 Å². The quantitative estimate of drug-likeness (QED) is 0.644. The van der Waals surface area contributed by atoms with Crippen molar-refractivity contribution in [3.63, 3.8) is 0 Å². The Hall–Kier alpha value is -1.99. The Balaban J connectivity index is 1.96. The lowest BCUT2D eigenvalue weighted by Gasteiger charge is -2.14. The minimum atomic E-state index is -0.201. The Bertz CT molecular complexity index is 865. The molecule has 2 N–H and O–H groups in total. The summed E-state index contributed by atoms with van der Waals surface area (Å²) in [6.45, 7) is 0.889. The van der Waals surface area contributed by atoms with Gasteiger partial charge in [-0.25, -0.2) is 0 Å². The van der Waals surface area contributed by atoms with Crippen LogP contribution in [-0.4, -0.2) is 35.7 Å². The van der Waals surface area contributed by atoms with Crippen molar-refractivity contribution in [2.24, 2.45) is 0 Å². The topological polar surface area (TPSA) is 76.1 Å². The van der Waals surface area contributed by atoms with Crippen molar-refractivity contribution in [3.05, 3.63) is 38.9 Å². The highest BCUT2D eigenvalue weighted by molar-refractivity contribution is 7.71. The van der Waals surface area contributed by atoms with Crippen LogP contribution < -0.4 is 10.9 Å². The molecule has 0 radical (unpaired) electrons. The summed E-state index contributed by atoms with van der Waals surface area (Å²) >= 11 is 5.39. The first-order valence-corrected chi connectivity index (χ1v) is 8.58. The van der Waals surface area contributed by atoms with Gasteiger partial charge in [0.15, 0.2) is 4.77 Å². The van der Waals surface area contributed by atoms with Crippen molar-refractivity contribution in [3.8, 4) is 0 Å². The molecule has 0 bridgehead atoms. The molecule has 1 amide bonds. The Labute approximate surface area is 144 Å². The van der Waals surface area contributed by atoms with Crippen LogP contribution in [0.15, 0.2) is 23.0 Å². The van der Waals surface area contributed by atoms with Crippen molar-refractivity contribution in [1.29, 1.82) is 0 Å². The van der Waals surface area contributed by atoms with Crippen LogP contribution >= 0.6 is 12.2 Å². The Morgan fingerprint density at radius 3 is 2.88 bits per heavy atom. The molecule has 6 nitrogen and oxygen atoms in total. The summed E-state index contributed by atoms with van der Waals surface area (Å²) in [6, 6.07) is 5.22. The highest BCUT2D eigenvalue weighted by Crippen LogP contribution is 2.28. The highest BCUT2D eigenvalue weighted by Gasteiger charge is 2.20. The number of carbonyl (C=O) groups is 1. The SMILES string of the molecule is COCCNC(=O)c1ccc2c(=O)n(C3CCCC3)c(=S)[nH]c2c1. The van der Waals surface area contributed by atoms with Gasteiger partial charge in [-0.3, -0.25) is 14.2 Å². The number of carbonyl (C=O) groups excluding carboxylic acids is 1. The summed E-state index contributed by atoms with van der Waals surface area (Å²) in [5, 5.41) is 3.32. The third-order valence-corrected chi connectivity index (χ3v) is 4.77. The van der Waals surface area contributed by atoms with E-state index in [1.165, 1.54) is 0 Å². The summed E-state index contributed by atoms with van der Waals surface area (Å²) in [5.41, 5.74) is 1.01. The zero-order chi connectivity index (χ0) is 17.1. The van der Waals surface area contributed by atoms with E-state index in [1.807, 2.05) is 0 Å². The number of amides is 1. The van der Waals surface area contributed by atoms with Crippen molar-refractivity contribution >= 4 is 29.0 Å². The predicted octanol–water partition coefficient (Wildman–Crippen LogP) is 2.55. The summed E-state index contributed by atoms with van der Waals surface area (Å²) in [4.78, 5) is 28.0. The standard InChI is InChI=1S/C17H21N3O3S/c1-23-9-8-18-15(21)11-6-7-13-14(10-11)19-17(24)20(16(13)22)12-4-2-3-5-12/h6-7,10,12H,2-5,8-9H2,1H3,(H,18,21)(H,19,24). The number of nitrogens with one attached hydrogen (secondary N) is 2. The molecule has 1 aromatic heterocycles. The number of hydrogen-bond donors (Lipinski definition) is 2. The van der Waals surface area contributed by atoms with E-state index in [9.17, 15) is 9.59 Å². The highest BCUT2D eigenvalue weighted by atomic mass is 32.1. The van der Waals surface area contributed by atoms with Crippen molar-refractivity contribution < 1.29 is 9.53 Å². The van der Waals surface area contributed by atoms with Crippen LogP contribution in [0.2, 0.25) is 0 Å². The molecule has 0 spiro atoms. The minimum Gasteiger partial charge on any atom is -0.383 e. The summed E-state index contributed by atoms with van der Waals surface area (Å²) in [5.74, 6) is -0.201. The van der Waals surface area contributed by atoms with Crippen LogP contribution in [0.5, 0.6) is 0 Å². The Morgan fingerprint density at radius 1 is 1.42 bits per heavy atom. The third kappa shape index (κ3) is 3.27. The number of methoxy groups -OCH3 is 1. The molecule has 1 saturated carbocycles. The van der Waals surface area contributed by atoms with E-state index in [0.717, 1.165) is 25.7 Å². The van der Waals surface area contributed by atoms with E-state index < -0.39 is 0 Å². The zero-order valence-corrected chi connectivity index (χ0v) is 14.4. The molecule has 2 aromatic rings. The number of benzene rings is 1. The Kier molecular flexibility index (Phi) is 5.11. The van der Waals surface area contributed by atoms with Crippen LogP contribution in [0.4, 0.5) is 0 Å². The van der Waals surface area contributed by atoms with Gasteiger partial charge in [0, 0.05) is 25.3 Å². The fourth-order valence-corrected chi connectivity index (χ4v) is 3.58. The van der Waals surface area contributed by atoms with E-state index in [1.54, 1.807) is 29.9 Å². The zero-order valence-electron chi connectivity index (χ0n) is 13.6. The van der Waals surface area contributed by atoms with Gasteiger partial charge in [0.05, 0.1) is 17.5 Å². The third-order valence-electron chi connectivity index (χ3n) is 4.47. The minimum absolute atomic E-state index is 0.0769. The maximum absolute atomic E-state index is 12.8. The maximum Gasteiger partial charge on any atom is 0.262 e. The molecular weight excluding hydrogens is 326 g/mol. The van der Waals surface area contributed by atoms with Gasteiger partial charge in [-0.15, -0.1) is 0 Å². The lowest BCUT2D eigenvalue weighted by molar-refractivity contribution is 0.0937. The number of ether oxygens (including phenoxy) is 1. The molecule has 24 heavy (non-hydrogen) atoms. The van der Waals surface area contributed by atoms with Crippen LogP contribution in [0.3, 0.4) is 0 Å². The largest absolute Gasteiger partial charge is 0.383 e. The normalized spacial score (nSPS) is 15.0. The molecule has 7 heteroatoms. The number of aromatic amines is 1. The van der Waals surface area contributed by atoms with E-state index in [4.69, 9.17) is 17.0 Å². The summed E-state index contributed by atoms with van der Waals surface area (Å²) in [7, 11) is 1.58. The summed E-state index contributed by atoms with van der Waals surface area (Å²) in [6.07, 6.45) is 4.24. The van der Waals surface area contributed by atoms with E-state index >= 15 is 0 Å². The number of fused-ring (bicyclic) bond motifs is 1. The van der Waals surface area contributed by atoms with E-state index in [0.29, 0.717) is 34.4 Å². The molecule has 0 unspecified atom stereocenters.